The van der Waals surface area contributed by atoms with Crippen LogP contribution in [0.2, 0.25) is 0 Å². The smallest absolute Gasteiger partial charge is 0.259 e. The summed E-state index contributed by atoms with van der Waals surface area (Å²) in [5, 5.41) is 2.91. The molecule has 0 saturated carbocycles. The summed E-state index contributed by atoms with van der Waals surface area (Å²) in [5.41, 5.74) is 8.64. The Morgan fingerprint density at radius 1 is 1.17 bits per heavy atom. The number of para-hydroxylation sites is 1. The minimum absolute atomic E-state index is 0.196. The van der Waals surface area contributed by atoms with Gasteiger partial charge in [0.05, 0.1) is 12.2 Å². The molecule has 4 nitrogen and oxygen atoms in total. The molecule has 2 aromatic carbocycles. The second-order valence-corrected chi connectivity index (χ2v) is 6.00. The topological polar surface area (TPSA) is 64.3 Å². The molecule has 0 bridgehead atoms. The van der Waals surface area contributed by atoms with E-state index in [9.17, 15) is 4.79 Å². The average Bonchev–Trinajstić information content (AvgIpc) is 2.52. The number of rotatable bonds is 6. The molecule has 0 heterocycles. The highest BCUT2D eigenvalue weighted by Crippen LogP contribution is 2.24. The van der Waals surface area contributed by atoms with Gasteiger partial charge >= 0.3 is 0 Å². The van der Waals surface area contributed by atoms with Crippen LogP contribution in [0.1, 0.15) is 36.2 Å². The van der Waals surface area contributed by atoms with E-state index in [4.69, 9.17) is 10.5 Å². The van der Waals surface area contributed by atoms with Crippen LogP contribution in [0.4, 0.5) is 11.4 Å². The Bertz CT molecular complexity index is 681. The lowest BCUT2D eigenvalue weighted by Crippen LogP contribution is -2.15. The maximum Gasteiger partial charge on any atom is 0.259 e. The van der Waals surface area contributed by atoms with Crippen LogP contribution in [-0.2, 0) is 0 Å². The van der Waals surface area contributed by atoms with Crippen molar-refractivity contribution in [3.63, 3.8) is 0 Å². The SMILES string of the molecule is Cc1c(N)cccc1NC(=O)c1ccccc1OCCC(C)C. The zero-order valence-electron chi connectivity index (χ0n) is 13.9. The van der Waals surface area contributed by atoms with Gasteiger partial charge in [-0.05, 0) is 49.1 Å². The zero-order chi connectivity index (χ0) is 16.8. The first-order chi connectivity index (χ1) is 11.0. The minimum atomic E-state index is -0.196. The molecule has 0 aliphatic heterocycles. The van der Waals surface area contributed by atoms with Crippen molar-refractivity contribution in [2.45, 2.75) is 27.2 Å². The molecular formula is C19H24N2O2. The van der Waals surface area contributed by atoms with E-state index in [0.29, 0.717) is 35.2 Å². The summed E-state index contributed by atoms with van der Waals surface area (Å²) in [4.78, 5) is 12.6. The Balaban J connectivity index is 2.14. The van der Waals surface area contributed by atoms with E-state index in [1.807, 2.05) is 43.3 Å². The Morgan fingerprint density at radius 2 is 1.91 bits per heavy atom. The Kier molecular flexibility index (Phi) is 5.63. The number of hydrogen-bond acceptors (Lipinski definition) is 3. The second kappa shape index (κ2) is 7.68. The highest BCUT2D eigenvalue weighted by atomic mass is 16.5. The minimum Gasteiger partial charge on any atom is -0.493 e. The van der Waals surface area contributed by atoms with Crippen LogP contribution in [-0.4, -0.2) is 12.5 Å². The molecule has 0 aliphatic carbocycles. The average molecular weight is 312 g/mol. The summed E-state index contributed by atoms with van der Waals surface area (Å²) in [6, 6.07) is 12.8. The molecule has 0 aromatic heterocycles. The van der Waals surface area contributed by atoms with Crippen molar-refractivity contribution < 1.29 is 9.53 Å². The number of nitrogens with one attached hydrogen (secondary N) is 1. The number of carbonyl (C=O) groups is 1. The van der Waals surface area contributed by atoms with Crippen LogP contribution in [0.25, 0.3) is 0 Å². The molecule has 0 spiro atoms. The van der Waals surface area contributed by atoms with Gasteiger partial charge in [0.25, 0.3) is 5.91 Å². The zero-order valence-corrected chi connectivity index (χ0v) is 13.9. The molecule has 0 unspecified atom stereocenters. The van der Waals surface area contributed by atoms with Crippen molar-refractivity contribution in [2.24, 2.45) is 5.92 Å². The van der Waals surface area contributed by atoms with Crippen molar-refractivity contribution in [1.29, 1.82) is 0 Å². The molecule has 0 aliphatic rings. The van der Waals surface area contributed by atoms with E-state index in [1.54, 1.807) is 6.07 Å². The maximum atomic E-state index is 12.6. The highest BCUT2D eigenvalue weighted by Gasteiger charge is 2.14. The van der Waals surface area contributed by atoms with E-state index in [2.05, 4.69) is 19.2 Å². The Morgan fingerprint density at radius 3 is 2.65 bits per heavy atom. The van der Waals surface area contributed by atoms with Gasteiger partial charge in [0.1, 0.15) is 5.75 Å². The van der Waals surface area contributed by atoms with E-state index in [1.165, 1.54) is 0 Å². The standard InChI is InChI=1S/C19H24N2O2/c1-13(2)11-12-23-18-10-5-4-7-15(18)19(22)21-17-9-6-8-16(20)14(17)3/h4-10,13H,11-12,20H2,1-3H3,(H,21,22). The number of nitrogen functional groups attached to an aromatic ring is 1. The van der Waals surface area contributed by atoms with E-state index >= 15 is 0 Å². The molecule has 0 fully saturated rings. The van der Waals surface area contributed by atoms with E-state index < -0.39 is 0 Å². The van der Waals surface area contributed by atoms with Crippen molar-refractivity contribution >= 4 is 17.3 Å². The summed E-state index contributed by atoms with van der Waals surface area (Å²) < 4.78 is 5.78. The summed E-state index contributed by atoms with van der Waals surface area (Å²) >= 11 is 0. The number of nitrogens with two attached hydrogens (primary N) is 1. The van der Waals surface area contributed by atoms with Crippen molar-refractivity contribution in [1.82, 2.24) is 0 Å². The van der Waals surface area contributed by atoms with Gasteiger partial charge in [-0.2, -0.15) is 0 Å². The molecule has 3 N–H and O–H groups in total. The van der Waals surface area contributed by atoms with Crippen LogP contribution in [0, 0.1) is 12.8 Å². The number of ether oxygens (including phenoxy) is 1. The fourth-order valence-corrected chi connectivity index (χ4v) is 2.16. The number of carbonyl (C=O) groups excluding carboxylic acids is 1. The first kappa shape index (κ1) is 16.9. The van der Waals surface area contributed by atoms with Gasteiger partial charge in [-0.3, -0.25) is 4.79 Å². The van der Waals surface area contributed by atoms with Crippen LogP contribution in [0.3, 0.4) is 0 Å². The third kappa shape index (κ3) is 4.49. The number of hydrogen-bond donors (Lipinski definition) is 2. The highest BCUT2D eigenvalue weighted by molar-refractivity contribution is 6.06. The first-order valence-corrected chi connectivity index (χ1v) is 7.87. The molecule has 2 aromatic rings. The van der Waals surface area contributed by atoms with Gasteiger partial charge in [-0.25, -0.2) is 0 Å². The molecular weight excluding hydrogens is 288 g/mol. The van der Waals surface area contributed by atoms with Crippen LogP contribution in [0.15, 0.2) is 42.5 Å². The molecule has 0 saturated heterocycles. The van der Waals surface area contributed by atoms with Gasteiger partial charge in [0.15, 0.2) is 0 Å². The second-order valence-electron chi connectivity index (χ2n) is 6.00. The normalized spacial score (nSPS) is 10.6. The number of benzene rings is 2. The Hall–Kier alpha value is -2.49. The lowest BCUT2D eigenvalue weighted by atomic mass is 10.1. The predicted molar refractivity (Wildman–Crippen MR) is 94.9 cm³/mol. The Labute approximate surface area is 137 Å². The maximum absolute atomic E-state index is 12.6. The summed E-state index contributed by atoms with van der Waals surface area (Å²) in [6.07, 6.45) is 0.949. The third-order valence-corrected chi connectivity index (χ3v) is 3.71. The third-order valence-electron chi connectivity index (χ3n) is 3.71. The number of anilines is 2. The fraction of sp³-hybridized carbons (Fsp3) is 0.316. The van der Waals surface area contributed by atoms with Gasteiger partial charge in [0.2, 0.25) is 0 Å². The van der Waals surface area contributed by atoms with Crippen molar-refractivity contribution in [3.05, 3.63) is 53.6 Å². The van der Waals surface area contributed by atoms with Gasteiger partial charge in [-0.15, -0.1) is 0 Å². The lowest BCUT2D eigenvalue weighted by Gasteiger charge is -2.14. The molecule has 4 heteroatoms. The van der Waals surface area contributed by atoms with Gasteiger partial charge in [-0.1, -0.05) is 32.0 Å². The van der Waals surface area contributed by atoms with Crippen LogP contribution in [0.5, 0.6) is 5.75 Å². The van der Waals surface area contributed by atoms with Crippen LogP contribution >= 0.6 is 0 Å². The van der Waals surface area contributed by atoms with Crippen LogP contribution < -0.4 is 15.8 Å². The monoisotopic (exact) mass is 312 g/mol. The quantitative estimate of drug-likeness (QED) is 0.784. The molecule has 2 rings (SSSR count). The lowest BCUT2D eigenvalue weighted by molar-refractivity contribution is 0.102. The molecule has 0 radical (unpaired) electrons. The van der Waals surface area contributed by atoms with Gasteiger partial charge in [0, 0.05) is 11.4 Å². The predicted octanol–water partition coefficient (Wildman–Crippen LogP) is 4.25. The van der Waals surface area contributed by atoms with E-state index in [-0.39, 0.29) is 5.91 Å². The van der Waals surface area contributed by atoms with Gasteiger partial charge < -0.3 is 15.8 Å². The van der Waals surface area contributed by atoms with Crippen molar-refractivity contribution in [2.75, 3.05) is 17.7 Å². The molecule has 0 atom stereocenters. The summed E-state index contributed by atoms with van der Waals surface area (Å²) in [7, 11) is 0. The van der Waals surface area contributed by atoms with Crippen molar-refractivity contribution in [3.8, 4) is 5.75 Å². The molecule has 122 valence electrons. The van der Waals surface area contributed by atoms with E-state index in [0.717, 1.165) is 12.0 Å². The number of amides is 1. The summed E-state index contributed by atoms with van der Waals surface area (Å²) in [5.74, 6) is 0.969. The fourth-order valence-electron chi connectivity index (χ4n) is 2.16. The molecule has 23 heavy (non-hydrogen) atoms. The summed E-state index contributed by atoms with van der Waals surface area (Å²) in [6.45, 7) is 6.77. The largest absolute Gasteiger partial charge is 0.493 e. The first-order valence-electron chi connectivity index (χ1n) is 7.87. The molecule has 1 amide bonds.